The predicted octanol–water partition coefficient (Wildman–Crippen LogP) is 2.75. The van der Waals surface area contributed by atoms with E-state index in [1.165, 1.54) is 5.69 Å². The molecular formula is C18H21N5O. The van der Waals surface area contributed by atoms with Crippen molar-refractivity contribution in [2.75, 3.05) is 25.1 Å². The minimum atomic E-state index is 0.658. The fourth-order valence-electron chi connectivity index (χ4n) is 3.46. The number of anilines is 1. The second-order valence-electron chi connectivity index (χ2n) is 6.26. The molecule has 0 amide bonds. The van der Waals surface area contributed by atoms with Crippen LogP contribution in [0, 0.1) is 5.92 Å². The molecule has 0 unspecified atom stereocenters. The Hall–Kier alpha value is -2.63. The predicted molar refractivity (Wildman–Crippen MR) is 93.3 cm³/mol. The summed E-state index contributed by atoms with van der Waals surface area (Å²) in [5.41, 5.74) is 2.26. The van der Waals surface area contributed by atoms with Crippen LogP contribution in [0.25, 0.3) is 10.9 Å². The number of benzene rings is 1. The number of fused-ring (bicyclic) bond motifs is 1. The maximum atomic E-state index is 5.38. The zero-order valence-corrected chi connectivity index (χ0v) is 13.8. The Kier molecular flexibility index (Phi) is 4.02. The van der Waals surface area contributed by atoms with Crippen molar-refractivity contribution in [2.24, 2.45) is 5.92 Å². The fourth-order valence-corrected chi connectivity index (χ4v) is 3.46. The van der Waals surface area contributed by atoms with Gasteiger partial charge in [0.2, 0.25) is 0 Å². The number of nitrogens with zero attached hydrogens (tertiary/aromatic N) is 5. The first-order chi connectivity index (χ1) is 11.8. The Bertz CT molecular complexity index is 809. The first kappa shape index (κ1) is 14.9. The van der Waals surface area contributed by atoms with Crippen LogP contribution in [0.5, 0.6) is 5.75 Å². The number of methoxy groups -OCH3 is 1. The highest BCUT2D eigenvalue weighted by atomic mass is 16.5. The lowest BCUT2D eigenvalue weighted by atomic mass is 9.96. The van der Waals surface area contributed by atoms with E-state index in [0.717, 1.165) is 49.1 Å². The normalized spacial score (nSPS) is 15.8. The Morgan fingerprint density at radius 1 is 1.21 bits per heavy atom. The molecule has 1 aliphatic heterocycles. The van der Waals surface area contributed by atoms with Crippen LogP contribution in [0.3, 0.4) is 0 Å². The summed E-state index contributed by atoms with van der Waals surface area (Å²) in [6.45, 7) is 3.06. The molecule has 1 aliphatic rings. The Morgan fingerprint density at radius 2 is 2.08 bits per heavy atom. The van der Waals surface area contributed by atoms with Crippen molar-refractivity contribution in [3.8, 4) is 5.75 Å². The quantitative estimate of drug-likeness (QED) is 0.739. The second kappa shape index (κ2) is 6.47. The van der Waals surface area contributed by atoms with Crippen LogP contribution >= 0.6 is 0 Å². The van der Waals surface area contributed by atoms with E-state index in [1.807, 2.05) is 23.0 Å². The monoisotopic (exact) mass is 323 g/mol. The van der Waals surface area contributed by atoms with Crippen LogP contribution in [-0.2, 0) is 6.54 Å². The van der Waals surface area contributed by atoms with Crippen LogP contribution in [0.1, 0.15) is 12.8 Å². The van der Waals surface area contributed by atoms with E-state index in [1.54, 1.807) is 19.8 Å². The topological polar surface area (TPSA) is 56.1 Å². The van der Waals surface area contributed by atoms with Crippen molar-refractivity contribution < 1.29 is 4.74 Å². The van der Waals surface area contributed by atoms with Gasteiger partial charge in [-0.05, 0) is 43.0 Å². The lowest BCUT2D eigenvalue weighted by Crippen LogP contribution is -2.35. The van der Waals surface area contributed by atoms with Crippen molar-refractivity contribution in [1.82, 2.24) is 19.7 Å². The molecule has 2 aromatic heterocycles. The molecule has 1 aromatic carbocycles. The summed E-state index contributed by atoms with van der Waals surface area (Å²) in [5, 5.41) is 5.38. The summed E-state index contributed by atoms with van der Waals surface area (Å²) < 4.78 is 7.32. The third-order valence-electron chi connectivity index (χ3n) is 4.79. The molecule has 6 heteroatoms. The van der Waals surface area contributed by atoms with Crippen LogP contribution in [-0.4, -0.2) is 39.9 Å². The van der Waals surface area contributed by atoms with Gasteiger partial charge in [-0.3, -0.25) is 9.67 Å². The summed E-state index contributed by atoms with van der Waals surface area (Å²) in [5.74, 6) is 1.53. The van der Waals surface area contributed by atoms with Gasteiger partial charge in [-0.25, -0.2) is 4.98 Å². The second-order valence-corrected chi connectivity index (χ2v) is 6.26. The zero-order chi connectivity index (χ0) is 16.4. The van der Waals surface area contributed by atoms with Gasteiger partial charge in [0, 0.05) is 36.9 Å². The van der Waals surface area contributed by atoms with Crippen molar-refractivity contribution in [2.45, 2.75) is 19.4 Å². The van der Waals surface area contributed by atoms with Crippen molar-refractivity contribution >= 4 is 16.6 Å². The zero-order valence-electron chi connectivity index (χ0n) is 13.8. The fraction of sp³-hybridized carbons (Fsp3) is 0.389. The molecule has 0 N–H and O–H groups in total. The summed E-state index contributed by atoms with van der Waals surface area (Å²) in [6.07, 6.45) is 7.62. The standard InChI is InChI=1S/C18H21N5O/c1-24-15-2-3-17-16(10-15)18(4-7-20-17)22-8-5-14(6-9-22)11-23-13-19-12-21-23/h2-4,7,10,12-14H,5-6,8-9,11H2,1H3. The van der Waals surface area contributed by atoms with E-state index in [9.17, 15) is 0 Å². The SMILES string of the molecule is COc1ccc2nccc(N3CCC(Cn4cncn4)CC3)c2c1. The van der Waals surface area contributed by atoms with E-state index in [2.05, 4.69) is 32.1 Å². The average Bonchev–Trinajstić information content (AvgIpc) is 3.14. The van der Waals surface area contributed by atoms with Crippen LogP contribution < -0.4 is 9.64 Å². The lowest BCUT2D eigenvalue weighted by Gasteiger charge is -2.34. The lowest BCUT2D eigenvalue weighted by molar-refractivity contribution is 0.342. The Balaban J connectivity index is 1.52. The summed E-state index contributed by atoms with van der Waals surface area (Å²) in [7, 11) is 1.70. The van der Waals surface area contributed by atoms with Gasteiger partial charge in [-0.1, -0.05) is 0 Å². The number of pyridine rings is 1. The number of hydrogen-bond acceptors (Lipinski definition) is 5. The van der Waals surface area contributed by atoms with Crippen molar-refractivity contribution in [1.29, 1.82) is 0 Å². The van der Waals surface area contributed by atoms with E-state index in [-0.39, 0.29) is 0 Å². The Labute approximate surface area is 141 Å². The molecule has 0 radical (unpaired) electrons. The highest BCUT2D eigenvalue weighted by Gasteiger charge is 2.21. The van der Waals surface area contributed by atoms with Crippen LogP contribution in [0.2, 0.25) is 0 Å². The molecule has 4 rings (SSSR count). The van der Waals surface area contributed by atoms with E-state index < -0.39 is 0 Å². The molecule has 0 atom stereocenters. The largest absolute Gasteiger partial charge is 0.497 e. The maximum absolute atomic E-state index is 5.38. The van der Waals surface area contributed by atoms with Gasteiger partial charge in [0.05, 0.1) is 12.6 Å². The smallest absolute Gasteiger partial charge is 0.137 e. The highest BCUT2D eigenvalue weighted by molar-refractivity contribution is 5.92. The minimum absolute atomic E-state index is 0.658. The van der Waals surface area contributed by atoms with E-state index >= 15 is 0 Å². The number of ether oxygens (including phenoxy) is 1. The minimum Gasteiger partial charge on any atom is -0.497 e. The third kappa shape index (κ3) is 2.91. The molecule has 6 nitrogen and oxygen atoms in total. The van der Waals surface area contributed by atoms with E-state index in [4.69, 9.17) is 4.74 Å². The summed E-state index contributed by atoms with van der Waals surface area (Å²) in [4.78, 5) is 11.0. The van der Waals surface area contributed by atoms with Gasteiger partial charge in [0.25, 0.3) is 0 Å². The molecule has 3 aromatic rings. The van der Waals surface area contributed by atoms with Crippen LogP contribution in [0.4, 0.5) is 5.69 Å². The number of aromatic nitrogens is 4. The first-order valence-electron chi connectivity index (χ1n) is 8.33. The summed E-state index contributed by atoms with van der Waals surface area (Å²) in [6, 6.07) is 8.18. The molecule has 0 saturated carbocycles. The molecule has 0 aliphatic carbocycles. The first-order valence-corrected chi connectivity index (χ1v) is 8.33. The number of hydrogen-bond donors (Lipinski definition) is 0. The van der Waals surface area contributed by atoms with Gasteiger partial charge in [0.1, 0.15) is 18.4 Å². The molecule has 1 saturated heterocycles. The maximum Gasteiger partial charge on any atom is 0.137 e. The van der Waals surface area contributed by atoms with Gasteiger partial charge >= 0.3 is 0 Å². The molecule has 124 valence electrons. The number of rotatable bonds is 4. The van der Waals surface area contributed by atoms with Crippen molar-refractivity contribution in [3.05, 3.63) is 43.1 Å². The molecule has 1 fully saturated rings. The van der Waals surface area contributed by atoms with Gasteiger partial charge < -0.3 is 9.64 Å². The average molecular weight is 323 g/mol. The van der Waals surface area contributed by atoms with Gasteiger partial charge in [0.15, 0.2) is 0 Å². The molecule has 3 heterocycles. The molecule has 0 spiro atoms. The highest BCUT2D eigenvalue weighted by Crippen LogP contribution is 2.31. The summed E-state index contributed by atoms with van der Waals surface area (Å²) >= 11 is 0. The molecule has 0 bridgehead atoms. The Morgan fingerprint density at radius 3 is 2.83 bits per heavy atom. The van der Waals surface area contributed by atoms with E-state index in [0.29, 0.717) is 5.92 Å². The van der Waals surface area contributed by atoms with Gasteiger partial charge in [-0.2, -0.15) is 5.10 Å². The molecular weight excluding hydrogens is 302 g/mol. The number of piperidine rings is 1. The molecule has 24 heavy (non-hydrogen) atoms. The van der Waals surface area contributed by atoms with Gasteiger partial charge in [-0.15, -0.1) is 0 Å². The van der Waals surface area contributed by atoms with Crippen molar-refractivity contribution in [3.63, 3.8) is 0 Å². The third-order valence-corrected chi connectivity index (χ3v) is 4.79. The van der Waals surface area contributed by atoms with Crippen LogP contribution in [0.15, 0.2) is 43.1 Å².